The second kappa shape index (κ2) is 72.8. The highest BCUT2D eigenvalue weighted by Crippen LogP contribution is 2.45. The molecule has 0 aliphatic rings. The molecule has 3 N–H and O–H groups in total. The molecule has 19 heteroatoms. The molecule has 0 bridgehead atoms. The lowest BCUT2D eigenvalue weighted by atomic mass is 10.0. The molecule has 5 atom stereocenters. The van der Waals surface area contributed by atoms with E-state index < -0.39 is 97.5 Å². The molecule has 0 spiro atoms. The predicted molar refractivity (Wildman–Crippen MR) is 408 cm³/mol. The number of hydrogen-bond donors (Lipinski definition) is 3. The molecule has 100 heavy (non-hydrogen) atoms. The van der Waals surface area contributed by atoms with E-state index in [9.17, 15) is 43.2 Å². The van der Waals surface area contributed by atoms with Crippen molar-refractivity contribution < 1.29 is 80.2 Å². The van der Waals surface area contributed by atoms with Gasteiger partial charge in [-0.25, -0.2) is 9.13 Å². The quantitative estimate of drug-likeness (QED) is 0.0169. The van der Waals surface area contributed by atoms with Crippen molar-refractivity contribution in [3.8, 4) is 0 Å². The Bertz CT molecular complexity index is 2370. The van der Waals surface area contributed by atoms with Gasteiger partial charge in [-0.1, -0.05) is 290 Å². The number of allylic oxidation sites excluding steroid dienone is 19. The van der Waals surface area contributed by atoms with Crippen molar-refractivity contribution in [3.63, 3.8) is 0 Å². The van der Waals surface area contributed by atoms with Gasteiger partial charge in [0.15, 0.2) is 12.2 Å². The number of rotatable bonds is 72. The molecule has 0 aliphatic carbocycles. The highest BCUT2D eigenvalue weighted by Gasteiger charge is 2.30. The van der Waals surface area contributed by atoms with Crippen LogP contribution < -0.4 is 0 Å². The van der Waals surface area contributed by atoms with Gasteiger partial charge in [-0.2, -0.15) is 0 Å². The highest BCUT2D eigenvalue weighted by molar-refractivity contribution is 7.47. The Morgan fingerprint density at radius 1 is 0.300 bits per heavy atom. The maximum atomic E-state index is 13.1. The second-order valence-electron chi connectivity index (χ2n) is 25.6. The van der Waals surface area contributed by atoms with E-state index in [1.165, 1.54) is 70.6 Å². The predicted octanol–water partition coefficient (Wildman–Crippen LogP) is 22.3. The van der Waals surface area contributed by atoms with Crippen molar-refractivity contribution in [2.45, 2.75) is 329 Å². The number of aliphatic hydroxyl groups is 1. The summed E-state index contributed by atoms with van der Waals surface area (Å²) in [6.07, 6.45) is 79.3. The van der Waals surface area contributed by atoms with Crippen LogP contribution in [0.4, 0.5) is 0 Å². The number of esters is 4. The summed E-state index contributed by atoms with van der Waals surface area (Å²) in [6, 6.07) is 0. The van der Waals surface area contributed by atoms with E-state index in [0.29, 0.717) is 25.7 Å². The smallest absolute Gasteiger partial charge is 0.462 e. The second-order valence-corrected chi connectivity index (χ2v) is 28.5. The van der Waals surface area contributed by atoms with E-state index in [4.69, 9.17) is 37.0 Å². The van der Waals surface area contributed by atoms with E-state index in [0.717, 1.165) is 161 Å². The Labute approximate surface area is 606 Å². The first-order valence-corrected chi connectivity index (χ1v) is 41.8. The maximum absolute atomic E-state index is 13.1. The molecule has 0 amide bonds. The number of phosphoric ester groups is 2. The van der Waals surface area contributed by atoms with Gasteiger partial charge in [0.2, 0.25) is 0 Å². The number of carbonyl (C=O) groups is 4. The average molecular weight is 1450 g/mol. The zero-order chi connectivity index (χ0) is 73.2. The van der Waals surface area contributed by atoms with Gasteiger partial charge in [-0.15, -0.1) is 0 Å². The van der Waals surface area contributed by atoms with Crippen LogP contribution in [0, 0.1) is 0 Å². The number of carbonyl (C=O) groups excluding carboxylic acids is 4. The highest BCUT2D eigenvalue weighted by atomic mass is 31.2. The number of hydrogen-bond acceptors (Lipinski definition) is 15. The number of phosphoric acid groups is 2. The third-order valence-electron chi connectivity index (χ3n) is 16.0. The lowest BCUT2D eigenvalue weighted by molar-refractivity contribution is -0.161. The molecular formula is C81H138O17P2. The van der Waals surface area contributed by atoms with Crippen molar-refractivity contribution in [1.29, 1.82) is 0 Å². The monoisotopic (exact) mass is 1440 g/mol. The van der Waals surface area contributed by atoms with Crippen LogP contribution in [0.2, 0.25) is 0 Å². The maximum Gasteiger partial charge on any atom is 0.472 e. The molecule has 0 saturated heterocycles. The number of aliphatic hydroxyl groups excluding tert-OH is 1. The summed E-state index contributed by atoms with van der Waals surface area (Å²) in [6.45, 7) is 4.50. The van der Waals surface area contributed by atoms with Crippen LogP contribution in [0.1, 0.15) is 310 Å². The van der Waals surface area contributed by atoms with Crippen LogP contribution in [0.25, 0.3) is 0 Å². The van der Waals surface area contributed by atoms with E-state index in [1.807, 2.05) is 12.2 Å². The van der Waals surface area contributed by atoms with Gasteiger partial charge >= 0.3 is 39.5 Å². The van der Waals surface area contributed by atoms with Crippen molar-refractivity contribution in [2.75, 3.05) is 39.6 Å². The third-order valence-corrected chi connectivity index (χ3v) is 17.9. The molecular weight excluding hydrogens is 1310 g/mol. The van der Waals surface area contributed by atoms with Crippen LogP contribution in [-0.2, 0) is 65.4 Å². The Morgan fingerprint density at radius 3 is 0.910 bits per heavy atom. The standard InChI is InChI=1S/C81H138O17P2/c1-5-9-13-17-21-25-29-33-36-37-40-43-46-50-54-58-62-66-79(84)92-72-77(98-81(86)68-64-60-56-52-48-44-39-35-31-27-23-19-15-11-7-3)74-96-100(89,90)94-70-75(82)69-93-99(87,88)95-73-76(97-80(85)67-63-59-55-51-47-41-32-28-24-20-16-12-8-4)71-91-78(83)65-61-57-53-49-45-42-38-34-30-26-22-18-14-10-6-2/h9,11,13,15,21-23,25-27,33-36,38-39,48,52,60,64,75-77,82H,5-8,10,12,14,16-20,24,28-32,37,40-47,49-51,53-59,61-63,65-74H2,1-4H3,(H,87,88)(H,89,90)/b13-9-,15-11-,25-21-,26-22-,27-23-,36-33-,38-34-,39-35-,52-48-,64-60-. The summed E-state index contributed by atoms with van der Waals surface area (Å²) in [5, 5.41) is 10.6. The van der Waals surface area contributed by atoms with Gasteiger partial charge < -0.3 is 33.8 Å². The molecule has 0 saturated carbocycles. The third kappa shape index (κ3) is 71.8. The van der Waals surface area contributed by atoms with E-state index in [2.05, 4.69) is 125 Å². The fraction of sp³-hybridized carbons (Fsp3) is 0.704. The summed E-state index contributed by atoms with van der Waals surface area (Å²) < 4.78 is 68.4. The van der Waals surface area contributed by atoms with Crippen molar-refractivity contribution in [2.24, 2.45) is 0 Å². The fourth-order valence-corrected chi connectivity index (χ4v) is 11.7. The van der Waals surface area contributed by atoms with Crippen molar-refractivity contribution in [1.82, 2.24) is 0 Å². The first kappa shape index (κ1) is 95.5. The van der Waals surface area contributed by atoms with Crippen LogP contribution in [0.15, 0.2) is 122 Å². The lowest BCUT2D eigenvalue weighted by Crippen LogP contribution is -2.30. The summed E-state index contributed by atoms with van der Waals surface area (Å²) in [7, 11) is -9.99. The van der Waals surface area contributed by atoms with Crippen molar-refractivity contribution in [3.05, 3.63) is 122 Å². The minimum atomic E-state index is -5.00. The molecule has 0 aromatic heterocycles. The Balaban J connectivity index is 5.42. The molecule has 5 unspecified atom stereocenters. The molecule has 0 heterocycles. The zero-order valence-corrected chi connectivity index (χ0v) is 64.4. The summed E-state index contributed by atoms with van der Waals surface area (Å²) in [4.78, 5) is 72.8. The number of ether oxygens (including phenoxy) is 4. The van der Waals surface area contributed by atoms with Crippen LogP contribution >= 0.6 is 15.6 Å². The van der Waals surface area contributed by atoms with Crippen molar-refractivity contribution >= 4 is 39.5 Å². The van der Waals surface area contributed by atoms with Gasteiger partial charge in [-0.3, -0.25) is 37.3 Å². The van der Waals surface area contributed by atoms with Crippen LogP contribution in [0.5, 0.6) is 0 Å². The fourth-order valence-electron chi connectivity index (χ4n) is 10.1. The topological polar surface area (TPSA) is 237 Å². The summed E-state index contributed by atoms with van der Waals surface area (Å²) in [5.41, 5.74) is 0. The summed E-state index contributed by atoms with van der Waals surface area (Å²) in [5.74, 6) is -2.34. The first-order chi connectivity index (χ1) is 48.7. The molecule has 0 aromatic carbocycles. The first-order valence-electron chi connectivity index (χ1n) is 38.8. The molecule has 17 nitrogen and oxygen atoms in total. The largest absolute Gasteiger partial charge is 0.472 e. The van der Waals surface area contributed by atoms with E-state index in [1.54, 1.807) is 12.2 Å². The Morgan fingerprint density at radius 2 is 0.560 bits per heavy atom. The average Bonchev–Trinajstić information content (AvgIpc) is 0.932. The van der Waals surface area contributed by atoms with Gasteiger partial charge in [0.25, 0.3) is 0 Å². The van der Waals surface area contributed by atoms with E-state index in [-0.39, 0.29) is 25.7 Å². The van der Waals surface area contributed by atoms with Crippen LogP contribution in [0.3, 0.4) is 0 Å². The molecule has 0 fully saturated rings. The molecule has 0 radical (unpaired) electrons. The minimum Gasteiger partial charge on any atom is -0.462 e. The van der Waals surface area contributed by atoms with E-state index >= 15 is 0 Å². The number of unbranched alkanes of at least 4 members (excludes halogenated alkanes) is 27. The molecule has 0 rings (SSSR count). The molecule has 0 aromatic rings. The molecule has 0 aliphatic heterocycles. The van der Waals surface area contributed by atoms with Gasteiger partial charge in [-0.05, 0) is 116 Å². The van der Waals surface area contributed by atoms with Gasteiger partial charge in [0.1, 0.15) is 19.3 Å². The normalized spacial score (nSPS) is 14.6. The minimum absolute atomic E-state index is 0.0911. The van der Waals surface area contributed by atoms with Crippen LogP contribution in [-0.4, -0.2) is 96.7 Å². The molecule has 574 valence electrons. The zero-order valence-electron chi connectivity index (χ0n) is 62.6. The lowest BCUT2D eigenvalue weighted by Gasteiger charge is -2.21. The van der Waals surface area contributed by atoms with Gasteiger partial charge in [0, 0.05) is 19.3 Å². The summed E-state index contributed by atoms with van der Waals surface area (Å²) >= 11 is 0. The Hall–Kier alpha value is -4.54. The SMILES string of the molecule is CC/C=C\C/C=C\C/C=C\C/C=C\C/C=C\CC(=O)OC(COC(=O)CCCCCCCCC/C=C\C/C=C\C/C=C\CC)COP(=O)(O)OCC(O)COP(=O)(O)OCC(COC(=O)CCCCCCC/C=C\C/C=C\CCCCC)OC(=O)CCCCCCCCCCCCCCC. The van der Waals surface area contributed by atoms with Gasteiger partial charge in [0.05, 0.1) is 32.8 Å². The Kier molecular flexibility index (Phi) is 69.5.